The summed E-state index contributed by atoms with van der Waals surface area (Å²) < 4.78 is 18.0. The van der Waals surface area contributed by atoms with Crippen molar-refractivity contribution in [3.63, 3.8) is 0 Å². The van der Waals surface area contributed by atoms with Crippen LogP contribution < -0.4 is 5.32 Å². The van der Waals surface area contributed by atoms with Gasteiger partial charge < -0.3 is 10.1 Å². The van der Waals surface area contributed by atoms with Crippen LogP contribution >= 0.6 is 0 Å². The number of rotatable bonds is 3. The average molecular weight is 226 g/mol. The van der Waals surface area contributed by atoms with Gasteiger partial charge in [0.15, 0.2) is 0 Å². The van der Waals surface area contributed by atoms with Crippen LogP contribution in [-0.2, 0) is 4.74 Å². The Labute approximate surface area is 91.4 Å². The van der Waals surface area contributed by atoms with Gasteiger partial charge in [0, 0.05) is 6.61 Å². The average Bonchev–Trinajstić information content (AvgIpc) is 2.73. The van der Waals surface area contributed by atoms with E-state index in [0.29, 0.717) is 18.9 Å². The summed E-state index contributed by atoms with van der Waals surface area (Å²) in [6.07, 6.45) is 0.800. The minimum absolute atomic E-state index is 0.0594. The molecule has 2 rings (SSSR count). The molecule has 0 radical (unpaired) electrons. The Morgan fingerprint density at radius 1 is 1.56 bits per heavy atom. The standard InChI is InChI=1S/C10H11FN2O3/c11-7-1-2-9(10(5-7)13(14)15)12-8-3-4-16-6-8/h1-2,5,8,12H,3-4,6H2. The molecular weight excluding hydrogens is 215 g/mol. The Morgan fingerprint density at radius 3 is 3.00 bits per heavy atom. The molecule has 1 N–H and O–H groups in total. The van der Waals surface area contributed by atoms with Gasteiger partial charge in [0.25, 0.3) is 5.69 Å². The summed E-state index contributed by atoms with van der Waals surface area (Å²) in [6.45, 7) is 1.17. The van der Waals surface area contributed by atoms with Crippen molar-refractivity contribution in [2.75, 3.05) is 18.5 Å². The minimum atomic E-state index is -0.611. The van der Waals surface area contributed by atoms with Crippen LogP contribution in [0.4, 0.5) is 15.8 Å². The predicted molar refractivity (Wildman–Crippen MR) is 55.9 cm³/mol. The molecule has 1 aromatic rings. The van der Waals surface area contributed by atoms with Gasteiger partial charge in [0.2, 0.25) is 0 Å². The van der Waals surface area contributed by atoms with E-state index in [1.807, 2.05) is 0 Å². The Morgan fingerprint density at radius 2 is 2.38 bits per heavy atom. The highest BCUT2D eigenvalue weighted by Gasteiger charge is 2.20. The molecule has 1 aromatic carbocycles. The second-order valence-corrected chi connectivity index (χ2v) is 3.62. The fourth-order valence-corrected chi connectivity index (χ4v) is 1.65. The van der Waals surface area contributed by atoms with Crippen molar-refractivity contribution >= 4 is 11.4 Å². The largest absolute Gasteiger partial charge is 0.379 e. The normalized spacial score (nSPS) is 19.7. The number of nitro groups is 1. The third kappa shape index (κ3) is 2.27. The molecule has 0 spiro atoms. The number of anilines is 1. The zero-order chi connectivity index (χ0) is 11.5. The lowest BCUT2D eigenvalue weighted by molar-refractivity contribution is -0.384. The fourth-order valence-electron chi connectivity index (χ4n) is 1.65. The van der Waals surface area contributed by atoms with E-state index >= 15 is 0 Å². The van der Waals surface area contributed by atoms with E-state index in [-0.39, 0.29) is 11.7 Å². The molecule has 5 nitrogen and oxygen atoms in total. The van der Waals surface area contributed by atoms with Crippen molar-refractivity contribution in [2.24, 2.45) is 0 Å². The molecule has 1 saturated heterocycles. The van der Waals surface area contributed by atoms with E-state index in [2.05, 4.69) is 5.32 Å². The predicted octanol–water partition coefficient (Wildman–Crippen LogP) is 1.93. The summed E-state index contributed by atoms with van der Waals surface area (Å²) in [6, 6.07) is 3.55. The van der Waals surface area contributed by atoms with Gasteiger partial charge in [-0.05, 0) is 18.6 Å². The molecular formula is C10H11FN2O3. The summed E-state index contributed by atoms with van der Waals surface area (Å²) >= 11 is 0. The van der Waals surface area contributed by atoms with E-state index in [0.717, 1.165) is 12.5 Å². The molecule has 1 aliphatic rings. The summed E-state index contributed by atoms with van der Waals surface area (Å²) in [5, 5.41) is 13.7. The van der Waals surface area contributed by atoms with E-state index in [1.54, 1.807) is 0 Å². The lowest BCUT2D eigenvalue weighted by atomic mass is 10.2. The van der Waals surface area contributed by atoms with E-state index in [1.165, 1.54) is 12.1 Å². The van der Waals surface area contributed by atoms with Gasteiger partial charge in [0.05, 0.1) is 23.6 Å². The van der Waals surface area contributed by atoms with Crippen LogP contribution in [0.1, 0.15) is 6.42 Å². The van der Waals surface area contributed by atoms with E-state index in [9.17, 15) is 14.5 Å². The Balaban J connectivity index is 2.21. The monoisotopic (exact) mass is 226 g/mol. The summed E-state index contributed by atoms with van der Waals surface area (Å²) in [4.78, 5) is 10.1. The van der Waals surface area contributed by atoms with Gasteiger partial charge in [0.1, 0.15) is 11.5 Å². The number of hydrogen-bond donors (Lipinski definition) is 1. The molecule has 1 unspecified atom stereocenters. The highest BCUT2D eigenvalue weighted by Crippen LogP contribution is 2.26. The number of nitro benzene ring substituents is 1. The van der Waals surface area contributed by atoms with Gasteiger partial charge in [-0.3, -0.25) is 10.1 Å². The van der Waals surface area contributed by atoms with Crippen molar-refractivity contribution in [3.8, 4) is 0 Å². The first kappa shape index (κ1) is 10.8. The first-order chi connectivity index (χ1) is 7.66. The number of ether oxygens (including phenoxy) is 1. The van der Waals surface area contributed by atoms with Crippen molar-refractivity contribution < 1.29 is 14.1 Å². The van der Waals surface area contributed by atoms with Gasteiger partial charge in [-0.2, -0.15) is 0 Å². The number of benzene rings is 1. The van der Waals surface area contributed by atoms with Crippen molar-refractivity contribution in [2.45, 2.75) is 12.5 Å². The van der Waals surface area contributed by atoms with Crippen LogP contribution in [0.5, 0.6) is 0 Å². The quantitative estimate of drug-likeness (QED) is 0.631. The van der Waals surface area contributed by atoms with E-state index in [4.69, 9.17) is 4.74 Å². The molecule has 0 aliphatic carbocycles. The third-order valence-corrected chi connectivity index (χ3v) is 2.45. The maximum Gasteiger partial charge on any atom is 0.295 e. The zero-order valence-corrected chi connectivity index (χ0v) is 8.48. The molecule has 0 amide bonds. The molecule has 1 fully saturated rings. The first-order valence-corrected chi connectivity index (χ1v) is 4.95. The van der Waals surface area contributed by atoms with Gasteiger partial charge >= 0.3 is 0 Å². The van der Waals surface area contributed by atoms with Crippen molar-refractivity contribution in [3.05, 3.63) is 34.1 Å². The second-order valence-electron chi connectivity index (χ2n) is 3.62. The van der Waals surface area contributed by atoms with Crippen LogP contribution in [0.2, 0.25) is 0 Å². The Hall–Kier alpha value is -1.69. The molecule has 1 atom stereocenters. The number of hydrogen-bond acceptors (Lipinski definition) is 4. The highest BCUT2D eigenvalue weighted by molar-refractivity contribution is 5.61. The molecule has 6 heteroatoms. The fraction of sp³-hybridized carbons (Fsp3) is 0.400. The topological polar surface area (TPSA) is 64.4 Å². The van der Waals surface area contributed by atoms with Crippen LogP contribution in [0.3, 0.4) is 0 Å². The van der Waals surface area contributed by atoms with Crippen molar-refractivity contribution in [1.29, 1.82) is 0 Å². The zero-order valence-electron chi connectivity index (χ0n) is 8.48. The van der Waals surface area contributed by atoms with Crippen LogP contribution in [0.25, 0.3) is 0 Å². The highest BCUT2D eigenvalue weighted by atomic mass is 19.1. The summed E-state index contributed by atoms with van der Waals surface area (Å²) in [5.74, 6) is -0.611. The van der Waals surface area contributed by atoms with E-state index < -0.39 is 10.7 Å². The lowest BCUT2D eigenvalue weighted by Gasteiger charge is -2.12. The Kier molecular flexibility index (Phi) is 3.00. The van der Waals surface area contributed by atoms with Gasteiger partial charge in [-0.15, -0.1) is 0 Å². The Bertz CT molecular complexity index is 405. The smallest absolute Gasteiger partial charge is 0.295 e. The second kappa shape index (κ2) is 4.44. The molecule has 0 aromatic heterocycles. The number of nitrogens with one attached hydrogen (secondary N) is 1. The molecule has 16 heavy (non-hydrogen) atoms. The van der Waals surface area contributed by atoms with Crippen molar-refractivity contribution in [1.82, 2.24) is 0 Å². The third-order valence-electron chi connectivity index (χ3n) is 2.45. The number of halogens is 1. The first-order valence-electron chi connectivity index (χ1n) is 4.95. The summed E-state index contributed by atoms with van der Waals surface area (Å²) in [5.41, 5.74) is 0.0915. The molecule has 86 valence electrons. The molecule has 1 aliphatic heterocycles. The number of nitrogens with zero attached hydrogens (tertiary/aromatic N) is 1. The lowest BCUT2D eigenvalue weighted by Crippen LogP contribution is -2.19. The maximum atomic E-state index is 12.9. The summed E-state index contributed by atoms with van der Waals surface area (Å²) in [7, 11) is 0. The van der Waals surface area contributed by atoms with Crippen LogP contribution in [0.15, 0.2) is 18.2 Å². The molecule has 0 saturated carbocycles. The molecule has 1 heterocycles. The minimum Gasteiger partial charge on any atom is -0.379 e. The SMILES string of the molecule is O=[N+]([O-])c1cc(F)ccc1NC1CCOC1. The van der Waals surface area contributed by atoms with Crippen LogP contribution in [0, 0.1) is 15.9 Å². The van der Waals surface area contributed by atoms with Crippen LogP contribution in [-0.4, -0.2) is 24.2 Å². The maximum absolute atomic E-state index is 12.9. The van der Waals surface area contributed by atoms with Gasteiger partial charge in [-0.1, -0.05) is 0 Å². The molecule has 0 bridgehead atoms. The van der Waals surface area contributed by atoms with Gasteiger partial charge in [-0.25, -0.2) is 4.39 Å².